The van der Waals surface area contributed by atoms with Gasteiger partial charge in [-0.2, -0.15) is 0 Å². The van der Waals surface area contributed by atoms with Crippen LogP contribution in [0.5, 0.6) is 0 Å². The largest absolute Gasteiger partial charge is 0.396 e. The highest BCUT2D eigenvalue weighted by Crippen LogP contribution is 2.43. The molecule has 0 unspecified atom stereocenters. The summed E-state index contributed by atoms with van der Waals surface area (Å²) in [4.78, 5) is 6.47. The Morgan fingerprint density at radius 2 is 1.39 bits per heavy atom. The van der Waals surface area contributed by atoms with Crippen LogP contribution < -0.4 is 5.73 Å². The number of sulfone groups is 1. The molecule has 0 radical (unpaired) electrons. The van der Waals surface area contributed by atoms with Crippen molar-refractivity contribution in [3.63, 3.8) is 0 Å². The van der Waals surface area contributed by atoms with E-state index in [1.54, 1.807) is 11.3 Å². The molecule has 0 amide bonds. The van der Waals surface area contributed by atoms with E-state index in [2.05, 4.69) is 95.1 Å². The Morgan fingerprint density at radius 1 is 0.818 bits per heavy atom. The minimum Gasteiger partial charge on any atom is -0.396 e. The van der Waals surface area contributed by atoms with E-state index in [1.165, 1.54) is 11.3 Å². The van der Waals surface area contributed by atoms with Gasteiger partial charge in [0, 0.05) is 5.39 Å². The Labute approximate surface area is 266 Å². The third-order valence-electron chi connectivity index (χ3n) is 5.30. The van der Waals surface area contributed by atoms with Gasteiger partial charge in [-0.1, -0.05) is 72.7 Å². The van der Waals surface area contributed by atoms with E-state index < -0.39 is 9.84 Å². The molecule has 4 nitrogen and oxygen atoms in total. The van der Waals surface area contributed by atoms with Crippen molar-refractivity contribution in [1.29, 1.82) is 0 Å². The summed E-state index contributed by atoms with van der Waals surface area (Å²) in [6, 6.07) is 15.9. The fraction of sp³-hybridized carbons (Fsp3) is 0.108. The Bertz CT molecular complexity index is 2110. The first-order chi connectivity index (χ1) is 21.3. The van der Waals surface area contributed by atoms with Crippen LogP contribution >= 0.6 is 22.7 Å². The number of nitrogens with two attached hydrogens (primary N) is 1. The number of pyridine rings is 1. The highest BCUT2D eigenvalue weighted by Gasteiger charge is 2.25. The van der Waals surface area contributed by atoms with Crippen molar-refractivity contribution in [2.45, 2.75) is 24.0 Å². The summed E-state index contributed by atoms with van der Waals surface area (Å²) < 4.78 is 25.9. The molecule has 0 aliphatic heterocycles. The molecule has 0 fully saturated rings. The lowest BCUT2D eigenvalue weighted by atomic mass is 10.0. The molecular weight excluding hydrogens is 601 g/mol. The summed E-state index contributed by atoms with van der Waals surface area (Å²) in [5, 5.41) is 2.74. The van der Waals surface area contributed by atoms with E-state index in [9.17, 15) is 8.42 Å². The maximum Gasteiger partial charge on any atom is 0.189 e. The monoisotopic (exact) mass is 628 g/mol. The maximum atomic E-state index is 12.8. The van der Waals surface area contributed by atoms with E-state index in [-0.39, 0.29) is 9.96 Å². The van der Waals surface area contributed by atoms with Crippen molar-refractivity contribution in [3.8, 4) is 21.7 Å². The third kappa shape index (κ3) is 10.5. The van der Waals surface area contributed by atoms with Crippen molar-refractivity contribution >= 4 is 48.4 Å². The van der Waals surface area contributed by atoms with E-state index in [0.29, 0.717) is 16.9 Å². The summed E-state index contributed by atoms with van der Waals surface area (Å²) in [5.41, 5.74) is 38.4. The topological polar surface area (TPSA) is 73.0 Å². The first-order valence-corrected chi connectivity index (χ1v) is 16.3. The van der Waals surface area contributed by atoms with Crippen LogP contribution in [0, 0.1) is 0 Å². The summed E-state index contributed by atoms with van der Waals surface area (Å²) in [6.07, 6.45) is 1.44. The number of benzene rings is 1. The number of rotatable bonds is 6. The molecule has 4 aromatic rings. The number of anilines is 1. The van der Waals surface area contributed by atoms with Crippen LogP contribution in [-0.4, -0.2) is 19.2 Å². The molecule has 0 aliphatic rings. The normalized spacial score (nSPS) is 8.84. The highest BCUT2D eigenvalue weighted by molar-refractivity contribution is 7.93. The van der Waals surface area contributed by atoms with Crippen LogP contribution in [0.1, 0.15) is 19.8 Å². The van der Waals surface area contributed by atoms with Gasteiger partial charge in [0.05, 0.1) is 22.0 Å². The van der Waals surface area contributed by atoms with Gasteiger partial charge in [0.25, 0.3) is 0 Å². The highest BCUT2D eigenvalue weighted by atomic mass is 32.2. The Hall–Kier alpha value is -5.38. The molecule has 44 heavy (non-hydrogen) atoms. The molecule has 4 rings (SSSR count). The molecule has 0 aliphatic carbocycles. The van der Waals surface area contributed by atoms with Crippen LogP contribution in [-0.2, 0) is 9.84 Å². The van der Waals surface area contributed by atoms with Gasteiger partial charge in [-0.05, 0) is 107 Å². The Kier molecular flexibility index (Phi) is 15.0. The number of fused-ring (bicyclic) bond motifs is 1. The maximum absolute atomic E-state index is 12.8. The zero-order valence-electron chi connectivity index (χ0n) is 24.2. The summed E-state index contributed by atoms with van der Waals surface area (Å²) in [7, 11) is -3.42. The molecule has 0 atom stereocenters. The molecular formula is C37H28N2O2S3. The van der Waals surface area contributed by atoms with Crippen molar-refractivity contribution in [3.05, 3.63) is 149 Å². The Balaban J connectivity index is 0.000000349. The molecule has 0 bridgehead atoms. The van der Waals surface area contributed by atoms with Crippen molar-refractivity contribution < 1.29 is 8.42 Å². The number of hydrogen-bond donors (Lipinski definition) is 1. The first kappa shape index (κ1) is 34.8. The summed E-state index contributed by atoms with van der Waals surface area (Å²) >= 11 is 2.79. The number of aromatic nitrogens is 1. The minimum atomic E-state index is -3.42. The van der Waals surface area contributed by atoms with Crippen LogP contribution in [0.3, 0.4) is 0 Å². The zero-order chi connectivity index (χ0) is 32.2. The van der Waals surface area contributed by atoms with Gasteiger partial charge in [0.15, 0.2) is 9.84 Å². The van der Waals surface area contributed by atoms with E-state index >= 15 is 0 Å². The van der Waals surface area contributed by atoms with Crippen molar-refractivity contribution in [2.75, 3.05) is 11.5 Å². The fourth-order valence-corrected chi connectivity index (χ4v) is 7.28. The molecule has 0 saturated heterocycles. The van der Waals surface area contributed by atoms with Gasteiger partial charge in [-0.3, -0.25) is 0 Å². The van der Waals surface area contributed by atoms with Crippen LogP contribution in [0.2, 0.25) is 0 Å². The van der Waals surface area contributed by atoms with Crippen LogP contribution in [0.4, 0.5) is 5.69 Å². The van der Waals surface area contributed by atoms with Crippen molar-refractivity contribution in [1.82, 2.24) is 4.98 Å². The third-order valence-corrected chi connectivity index (χ3v) is 9.71. The van der Waals surface area contributed by atoms with Gasteiger partial charge in [-0.15, -0.1) is 22.7 Å². The molecule has 7 heteroatoms. The lowest BCUT2D eigenvalue weighted by molar-refractivity contribution is 0.595. The second-order valence-corrected chi connectivity index (χ2v) is 12.5. The molecule has 3 aromatic heterocycles. The number of unbranched alkanes of at least 4 members (excludes halogenated alkanes) is 1. The quantitative estimate of drug-likeness (QED) is 0.216. The number of nitrogens with zero attached hydrogens (tertiary/aromatic N) is 1. The molecule has 216 valence electrons. The van der Waals surface area contributed by atoms with Crippen LogP contribution in [0.25, 0.3) is 31.9 Å². The summed E-state index contributed by atoms with van der Waals surface area (Å²) in [6.45, 7) is 15.0. The van der Waals surface area contributed by atoms with Gasteiger partial charge in [0.1, 0.15) is 9.04 Å². The smallest absolute Gasteiger partial charge is 0.189 e. The SMILES string of the molecule is C=C=C=C=C=C=C.C=C=C=C=C=C=C=C=C.CCCCS(=O)(=O)c1sc2nc(-c3cccs3)cc(-c3ccccc3)c2c1N. The lowest BCUT2D eigenvalue weighted by Crippen LogP contribution is -2.06. The van der Waals surface area contributed by atoms with Gasteiger partial charge in [-0.25, -0.2) is 13.4 Å². The number of hydrogen-bond acceptors (Lipinski definition) is 6. The van der Waals surface area contributed by atoms with Gasteiger partial charge in [0.2, 0.25) is 0 Å². The molecule has 3 heterocycles. The summed E-state index contributed by atoms with van der Waals surface area (Å²) in [5.74, 6) is 0.110. The van der Waals surface area contributed by atoms with Gasteiger partial charge >= 0.3 is 0 Å². The second-order valence-electron chi connectivity index (χ2n) is 8.26. The average molecular weight is 629 g/mol. The minimum absolute atomic E-state index is 0.110. The zero-order valence-corrected chi connectivity index (χ0v) is 26.7. The van der Waals surface area contributed by atoms with Gasteiger partial charge < -0.3 is 5.73 Å². The van der Waals surface area contributed by atoms with E-state index in [1.807, 2.05) is 60.8 Å². The Morgan fingerprint density at radius 3 is 1.91 bits per heavy atom. The van der Waals surface area contributed by atoms with E-state index in [4.69, 9.17) is 10.7 Å². The molecule has 0 spiro atoms. The van der Waals surface area contributed by atoms with Crippen molar-refractivity contribution in [2.24, 2.45) is 0 Å². The molecule has 1 aromatic carbocycles. The predicted molar refractivity (Wildman–Crippen MR) is 184 cm³/mol. The fourth-order valence-electron chi connectivity index (χ4n) is 3.46. The first-order valence-electron chi connectivity index (χ1n) is 13.0. The second kappa shape index (κ2) is 18.9. The van der Waals surface area contributed by atoms with E-state index in [0.717, 1.165) is 33.5 Å². The predicted octanol–water partition coefficient (Wildman–Crippen LogP) is 9.31. The average Bonchev–Trinajstić information content (AvgIpc) is 3.70. The van der Waals surface area contributed by atoms with Crippen LogP contribution in [0.15, 0.2) is 153 Å². The molecule has 0 saturated carbocycles. The number of nitrogen functional groups attached to an aromatic ring is 1. The lowest BCUT2D eigenvalue weighted by Gasteiger charge is -2.08. The number of thiophene rings is 2. The molecule has 2 N–H and O–H groups in total. The standard InChI is InChI=1S/C21H20N2O2S3.C9H4.C7H4/c1-2-3-12-28(24,25)21-19(22)18-15(14-8-5-4-6-9-14)13-16(23-20(18)27-21)17-10-7-11-26-17;1-3-5-7-9-8-6-4-2;1-3-5-7-6-4-2/h4-11,13H,2-3,12,22H2,1H3;1-2H2;1-2H2.